The van der Waals surface area contributed by atoms with Gasteiger partial charge in [0.15, 0.2) is 0 Å². The summed E-state index contributed by atoms with van der Waals surface area (Å²) in [5.41, 5.74) is 2.35. The van der Waals surface area contributed by atoms with E-state index in [1.54, 1.807) is 12.4 Å². The molecular weight excluding hydrogens is 340 g/mol. The summed E-state index contributed by atoms with van der Waals surface area (Å²) in [5.74, 6) is 0.0893. The lowest BCUT2D eigenvalue weighted by Crippen LogP contribution is -2.45. The van der Waals surface area contributed by atoms with Gasteiger partial charge in [-0.3, -0.25) is 14.8 Å². The van der Waals surface area contributed by atoms with Gasteiger partial charge < -0.3 is 14.5 Å². The molecule has 1 fully saturated rings. The maximum absolute atomic E-state index is 12.4. The first-order chi connectivity index (χ1) is 12.0. The molecule has 1 aliphatic heterocycles. The number of carbonyl (C=O) groups is 1. The maximum Gasteiger partial charge on any atom is 0.236 e. The number of likely N-dealkylation sites (N-methyl/N-ethyl adjacent to an activating group) is 1. The number of ether oxygens (including phenoxy) is 1. The summed E-state index contributed by atoms with van der Waals surface area (Å²) >= 11 is 6.11. The molecule has 1 unspecified atom stereocenters. The molecule has 0 spiro atoms. The lowest BCUT2D eigenvalue weighted by molar-refractivity contribution is -0.139. The molecule has 2 aromatic rings. The molecule has 1 amide bonds. The van der Waals surface area contributed by atoms with Crippen LogP contribution in [0.5, 0.6) is 0 Å². The Morgan fingerprint density at radius 1 is 1.36 bits per heavy atom. The Hall–Kier alpha value is -2.02. The maximum atomic E-state index is 12.4. The van der Waals surface area contributed by atoms with Crippen LogP contribution in [0.4, 0.5) is 0 Å². The van der Waals surface area contributed by atoms with Gasteiger partial charge in [0.1, 0.15) is 6.10 Å². The van der Waals surface area contributed by atoms with E-state index in [2.05, 4.69) is 9.97 Å². The van der Waals surface area contributed by atoms with Crippen LogP contribution < -0.4 is 0 Å². The van der Waals surface area contributed by atoms with Gasteiger partial charge in [-0.05, 0) is 26.2 Å². The van der Waals surface area contributed by atoms with E-state index >= 15 is 0 Å². The van der Waals surface area contributed by atoms with Gasteiger partial charge in [0.05, 0.1) is 31.1 Å². The zero-order chi connectivity index (χ0) is 17.8. The summed E-state index contributed by atoms with van der Waals surface area (Å²) in [5, 5.41) is 0.640. The van der Waals surface area contributed by atoms with E-state index in [9.17, 15) is 4.79 Å². The van der Waals surface area contributed by atoms with Crippen LogP contribution in [0.2, 0.25) is 5.02 Å². The van der Waals surface area contributed by atoms with Crippen LogP contribution in [-0.4, -0.2) is 66.0 Å². The van der Waals surface area contributed by atoms with Crippen molar-refractivity contribution in [2.45, 2.75) is 6.10 Å². The molecule has 0 saturated carbocycles. The lowest BCUT2D eigenvalue weighted by atomic mass is 10.1. The van der Waals surface area contributed by atoms with Gasteiger partial charge in [0.25, 0.3) is 0 Å². The third-order valence-corrected chi connectivity index (χ3v) is 4.24. The number of benzene rings is 1. The van der Waals surface area contributed by atoms with Crippen LogP contribution in [0.15, 0.2) is 36.7 Å². The van der Waals surface area contributed by atoms with Crippen molar-refractivity contribution in [3.8, 4) is 11.3 Å². The summed E-state index contributed by atoms with van der Waals surface area (Å²) in [7, 11) is 3.77. The van der Waals surface area contributed by atoms with Crippen molar-refractivity contribution >= 4 is 17.5 Å². The summed E-state index contributed by atoms with van der Waals surface area (Å²) in [6.07, 6.45) is 2.99. The predicted molar refractivity (Wildman–Crippen MR) is 96.3 cm³/mol. The fourth-order valence-electron chi connectivity index (χ4n) is 2.85. The molecule has 1 aromatic heterocycles. The SMILES string of the molecule is CN(C)CC(=O)N1CCOC(c2nccnc2-c2cccc(Cl)c2)C1. The molecule has 3 rings (SSSR count). The number of halogens is 1. The molecule has 1 saturated heterocycles. The largest absolute Gasteiger partial charge is 0.368 e. The first-order valence-corrected chi connectivity index (χ1v) is 8.53. The van der Waals surface area contributed by atoms with E-state index < -0.39 is 0 Å². The van der Waals surface area contributed by atoms with Crippen molar-refractivity contribution in [3.05, 3.63) is 47.4 Å². The molecule has 6 nitrogen and oxygen atoms in total. The first-order valence-electron chi connectivity index (χ1n) is 8.15. The van der Waals surface area contributed by atoms with Crippen molar-refractivity contribution in [1.29, 1.82) is 0 Å². The summed E-state index contributed by atoms with van der Waals surface area (Å²) in [6, 6.07) is 7.49. The average Bonchev–Trinajstić information content (AvgIpc) is 2.61. The fraction of sp³-hybridized carbons (Fsp3) is 0.389. The van der Waals surface area contributed by atoms with E-state index in [1.165, 1.54) is 0 Å². The minimum atomic E-state index is -0.303. The molecule has 7 heteroatoms. The lowest BCUT2D eigenvalue weighted by Gasteiger charge is -2.33. The highest BCUT2D eigenvalue weighted by Crippen LogP contribution is 2.30. The van der Waals surface area contributed by atoms with Gasteiger partial charge >= 0.3 is 0 Å². The Balaban J connectivity index is 1.85. The monoisotopic (exact) mass is 360 g/mol. The van der Waals surface area contributed by atoms with Gasteiger partial charge in [0.2, 0.25) is 5.91 Å². The van der Waals surface area contributed by atoms with Crippen LogP contribution >= 0.6 is 11.6 Å². The van der Waals surface area contributed by atoms with E-state index in [1.807, 2.05) is 48.2 Å². The van der Waals surface area contributed by atoms with Crippen molar-refractivity contribution in [3.63, 3.8) is 0 Å². The second kappa shape index (κ2) is 7.91. The smallest absolute Gasteiger partial charge is 0.236 e. The van der Waals surface area contributed by atoms with E-state index in [4.69, 9.17) is 16.3 Å². The summed E-state index contributed by atoms with van der Waals surface area (Å²) in [6.45, 7) is 1.93. The van der Waals surface area contributed by atoms with Crippen LogP contribution in [0.3, 0.4) is 0 Å². The van der Waals surface area contributed by atoms with Crippen molar-refractivity contribution in [1.82, 2.24) is 19.8 Å². The highest BCUT2D eigenvalue weighted by molar-refractivity contribution is 6.30. The summed E-state index contributed by atoms with van der Waals surface area (Å²) in [4.78, 5) is 25.0. The second-order valence-corrected chi connectivity index (χ2v) is 6.67. The molecule has 1 aliphatic rings. The van der Waals surface area contributed by atoms with Crippen LogP contribution in [0.1, 0.15) is 11.8 Å². The normalized spacial score (nSPS) is 17.8. The molecule has 1 atom stereocenters. The Labute approximate surface area is 152 Å². The molecule has 1 aromatic carbocycles. The summed E-state index contributed by atoms with van der Waals surface area (Å²) < 4.78 is 5.90. The Morgan fingerprint density at radius 3 is 2.92 bits per heavy atom. The molecule has 25 heavy (non-hydrogen) atoms. The topological polar surface area (TPSA) is 58.6 Å². The van der Waals surface area contributed by atoms with Crippen molar-refractivity contribution in [2.24, 2.45) is 0 Å². The minimum Gasteiger partial charge on any atom is -0.368 e. The van der Waals surface area contributed by atoms with Crippen LogP contribution in [0.25, 0.3) is 11.3 Å². The van der Waals surface area contributed by atoms with Crippen LogP contribution in [-0.2, 0) is 9.53 Å². The van der Waals surface area contributed by atoms with E-state index in [0.717, 1.165) is 17.0 Å². The van der Waals surface area contributed by atoms with Gasteiger partial charge in [0, 0.05) is 29.5 Å². The van der Waals surface area contributed by atoms with Gasteiger partial charge in [-0.2, -0.15) is 0 Å². The highest BCUT2D eigenvalue weighted by atomic mass is 35.5. The third-order valence-electron chi connectivity index (χ3n) is 4.00. The van der Waals surface area contributed by atoms with Crippen molar-refractivity contribution in [2.75, 3.05) is 40.3 Å². The zero-order valence-corrected chi connectivity index (χ0v) is 15.1. The molecule has 0 radical (unpaired) electrons. The number of nitrogens with zero attached hydrogens (tertiary/aromatic N) is 4. The Morgan fingerprint density at radius 2 is 2.16 bits per heavy atom. The fourth-order valence-corrected chi connectivity index (χ4v) is 3.04. The number of morpholine rings is 1. The standard InChI is InChI=1S/C18H21ClN4O2/c1-22(2)12-16(24)23-8-9-25-15(11-23)18-17(20-6-7-21-18)13-4-3-5-14(19)10-13/h3-7,10,15H,8-9,11-12H2,1-2H3. The number of aromatic nitrogens is 2. The van der Waals surface area contributed by atoms with Crippen LogP contribution in [0, 0.1) is 0 Å². The Kier molecular flexibility index (Phi) is 5.63. The van der Waals surface area contributed by atoms with Gasteiger partial charge in [-0.15, -0.1) is 0 Å². The molecule has 0 bridgehead atoms. The predicted octanol–water partition coefficient (Wildman–Crippen LogP) is 2.26. The molecule has 2 heterocycles. The third kappa shape index (κ3) is 4.34. The highest BCUT2D eigenvalue weighted by Gasteiger charge is 2.28. The molecule has 0 N–H and O–H groups in total. The number of hydrogen-bond donors (Lipinski definition) is 0. The quantitative estimate of drug-likeness (QED) is 0.837. The number of carbonyl (C=O) groups excluding carboxylic acids is 1. The number of hydrogen-bond acceptors (Lipinski definition) is 5. The van der Waals surface area contributed by atoms with Gasteiger partial charge in [-0.25, -0.2) is 0 Å². The minimum absolute atomic E-state index is 0.0893. The number of amides is 1. The Bertz CT molecular complexity index is 753. The number of rotatable bonds is 4. The van der Waals surface area contributed by atoms with Crippen molar-refractivity contribution < 1.29 is 9.53 Å². The molecule has 132 valence electrons. The molecule has 0 aliphatic carbocycles. The molecular formula is C18H21ClN4O2. The zero-order valence-electron chi connectivity index (χ0n) is 14.4. The van der Waals surface area contributed by atoms with E-state index in [-0.39, 0.29) is 12.0 Å². The second-order valence-electron chi connectivity index (χ2n) is 6.24. The van der Waals surface area contributed by atoms with Gasteiger partial charge in [-0.1, -0.05) is 23.7 Å². The van der Waals surface area contributed by atoms with E-state index in [0.29, 0.717) is 31.3 Å². The average molecular weight is 361 g/mol. The first kappa shape index (κ1) is 17.8.